The van der Waals surface area contributed by atoms with E-state index in [2.05, 4.69) is 42.8 Å². The monoisotopic (exact) mass is 225 g/mol. The van der Waals surface area contributed by atoms with Crippen LogP contribution in [0, 0.1) is 0 Å². The molecule has 0 bridgehead atoms. The summed E-state index contributed by atoms with van der Waals surface area (Å²) in [5.41, 5.74) is 1.19. The van der Waals surface area contributed by atoms with E-state index in [-0.39, 0.29) is 0 Å². The maximum Gasteiger partial charge on any atom is 0.0664 e. The first-order valence-corrected chi connectivity index (χ1v) is 6.47. The van der Waals surface area contributed by atoms with Crippen molar-refractivity contribution in [1.29, 1.82) is 0 Å². The summed E-state index contributed by atoms with van der Waals surface area (Å²) in [7, 11) is 0. The van der Waals surface area contributed by atoms with Crippen LogP contribution in [0.2, 0.25) is 0 Å². The minimum atomic E-state index is 0.346. The van der Waals surface area contributed by atoms with Crippen LogP contribution in [-0.4, -0.2) is 25.5 Å². The van der Waals surface area contributed by atoms with Gasteiger partial charge in [0.1, 0.15) is 0 Å². The molecule has 1 aromatic carbocycles. The molecule has 84 valence electrons. The molecule has 3 heteroatoms. The molecule has 0 aromatic heterocycles. The van der Waals surface area contributed by atoms with Crippen LogP contribution in [-0.2, 0) is 4.74 Å². The van der Waals surface area contributed by atoms with E-state index in [1.807, 2.05) is 6.92 Å². The predicted octanol–water partition coefficient (Wildman–Crippen LogP) is 3.25. The average Bonchev–Trinajstić information content (AvgIpc) is 2.27. The van der Waals surface area contributed by atoms with Crippen LogP contribution in [0.1, 0.15) is 13.8 Å². The van der Waals surface area contributed by atoms with E-state index in [1.165, 1.54) is 10.6 Å². The third kappa shape index (κ3) is 4.14. The lowest BCUT2D eigenvalue weighted by atomic mass is 10.3. The average molecular weight is 225 g/mol. The molecule has 0 aliphatic carbocycles. The van der Waals surface area contributed by atoms with Crippen molar-refractivity contribution in [2.45, 2.75) is 24.8 Å². The van der Waals surface area contributed by atoms with Gasteiger partial charge in [-0.3, -0.25) is 0 Å². The maximum atomic E-state index is 5.37. The van der Waals surface area contributed by atoms with Gasteiger partial charge in [-0.25, -0.2) is 0 Å². The molecule has 15 heavy (non-hydrogen) atoms. The van der Waals surface area contributed by atoms with Gasteiger partial charge in [0.25, 0.3) is 0 Å². The highest BCUT2D eigenvalue weighted by atomic mass is 32.2. The summed E-state index contributed by atoms with van der Waals surface area (Å²) in [5, 5.41) is 3.45. The van der Waals surface area contributed by atoms with Crippen molar-refractivity contribution in [3.8, 4) is 0 Å². The number of nitrogens with one attached hydrogen (secondary N) is 1. The summed E-state index contributed by atoms with van der Waals surface area (Å²) in [6, 6.07) is 8.69. The third-order valence-corrected chi connectivity index (χ3v) is 2.88. The number of anilines is 1. The van der Waals surface area contributed by atoms with Crippen molar-refractivity contribution in [3.05, 3.63) is 24.3 Å². The van der Waals surface area contributed by atoms with E-state index in [9.17, 15) is 0 Å². The Labute approximate surface area is 96.4 Å². The summed E-state index contributed by atoms with van der Waals surface area (Å²) in [5.74, 6) is 0. The highest BCUT2D eigenvalue weighted by Gasteiger charge is 2.04. The van der Waals surface area contributed by atoms with E-state index in [1.54, 1.807) is 11.8 Å². The number of hydrogen-bond acceptors (Lipinski definition) is 3. The zero-order chi connectivity index (χ0) is 11.1. The van der Waals surface area contributed by atoms with Crippen LogP contribution >= 0.6 is 11.8 Å². The molecule has 0 aliphatic heterocycles. The Kier molecular flexibility index (Phi) is 5.58. The molecule has 0 aliphatic rings. The van der Waals surface area contributed by atoms with Gasteiger partial charge in [-0.1, -0.05) is 12.1 Å². The quantitative estimate of drug-likeness (QED) is 0.751. The smallest absolute Gasteiger partial charge is 0.0664 e. The first kappa shape index (κ1) is 12.4. The molecule has 2 nitrogen and oxygen atoms in total. The lowest BCUT2D eigenvalue weighted by Gasteiger charge is -2.17. The van der Waals surface area contributed by atoms with E-state index < -0.39 is 0 Å². The molecule has 1 rings (SSSR count). The molecule has 0 saturated carbocycles. The van der Waals surface area contributed by atoms with Crippen molar-refractivity contribution in [2.24, 2.45) is 0 Å². The molecule has 1 unspecified atom stereocenters. The Hall–Kier alpha value is -0.670. The molecule has 0 heterocycles. The van der Waals surface area contributed by atoms with Gasteiger partial charge in [-0.15, -0.1) is 11.8 Å². The van der Waals surface area contributed by atoms with E-state index in [4.69, 9.17) is 4.74 Å². The van der Waals surface area contributed by atoms with Crippen LogP contribution in [0.4, 0.5) is 5.69 Å². The van der Waals surface area contributed by atoms with Gasteiger partial charge >= 0.3 is 0 Å². The molecule has 1 aromatic rings. The zero-order valence-corrected chi connectivity index (χ0v) is 10.4. The number of ether oxygens (including phenoxy) is 1. The van der Waals surface area contributed by atoms with Crippen LogP contribution < -0.4 is 5.32 Å². The normalized spacial score (nSPS) is 12.5. The van der Waals surface area contributed by atoms with E-state index in [0.29, 0.717) is 6.04 Å². The summed E-state index contributed by atoms with van der Waals surface area (Å²) < 4.78 is 5.37. The van der Waals surface area contributed by atoms with Crippen molar-refractivity contribution >= 4 is 17.4 Å². The van der Waals surface area contributed by atoms with Crippen LogP contribution in [0.15, 0.2) is 29.2 Å². The Bertz CT molecular complexity index is 291. The Balaban J connectivity index is 2.55. The molecule has 0 radical (unpaired) electrons. The zero-order valence-electron chi connectivity index (χ0n) is 9.62. The lowest BCUT2D eigenvalue weighted by molar-refractivity contribution is 0.141. The molecule has 0 fully saturated rings. The number of benzene rings is 1. The molecular formula is C12H19NOS. The van der Waals surface area contributed by atoms with Gasteiger partial charge in [0.05, 0.1) is 6.61 Å². The molecule has 0 spiro atoms. The summed E-state index contributed by atoms with van der Waals surface area (Å²) >= 11 is 1.76. The van der Waals surface area contributed by atoms with Crippen LogP contribution in [0.25, 0.3) is 0 Å². The Morgan fingerprint density at radius 3 is 2.80 bits per heavy atom. The molecule has 1 atom stereocenters. The predicted molar refractivity (Wildman–Crippen MR) is 67.8 cm³/mol. The summed E-state index contributed by atoms with van der Waals surface area (Å²) in [6.07, 6.45) is 2.09. The lowest BCUT2D eigenvalue weighted by Crippen LogP contribution is -2.21. The number of hydrogen-bond donors (Lipinski definition) is 1. The topological polar surface area (TPSA) is 21.3 Å². The highest BCUT2D eigenvalue weighted by molar-refractivity contribution is 7.98. The van der Waals surface area contributed by atoms with Crippen LogP contribution in [0.5, 0.6) is 0 Å². The fraction of sp³-hybridized carbons (Fsp3) is 0.500. The van der Waals surface area contributed by atoms with Crippen molar-refractivity contribution in [2.75, 3.05) is 24.8 Å². The number of para-hydroxylation sites is 1. The third-order valence-electron chi connectivity index (χ3n) is 2.08. The van der Waals surface area contributed by atoms with Gasteiger partial charge in [0, 0.05) is 23.2 Å². The van der Waals surface area contributed by atoms with Gasteiger partial charge in [0.15, 0.2) is 0 Å². The fourth-order valence-corrected chi connectivity index (χ4v) is 1.93. The van der Waals surface area contributed by atoms with Crippen molar-refractivity contribution in [3.63, 3.8) is 0 Å². The number of thioether (sulfide) groups is 1. The van der Waals surface area contributed by atoms with Gasteiger partial charge < -0.3 is 10.1 Å². The fourth-order valence-electron chi connectivity index (χ4n) is 1.37. The first-order valence-electron chi connectivity index (χ1n) is 5.25. The van der Waals surface area contributed by atoms with Gasteiger partial charge in [-0.05, 0) is 32.2 Å². The SMILES string of the molecule is CCOCC(C)Nc1ccccc1SC. The number of rotatable bonds is 6. The van der Waals surface area contributed by atoms with Crippen LogP contribution in [0.3, 0.4) is 0 Å². The Morgan fingerprint density at radius 1 is 1.40 bits per heavy atom. The highest BCUT2D eigenvalue weighted by Crippen LogP contribution is 2.25. The molecule has 1 N–H and O–H groups in total. The molecular weight excluding hydrogens is 206 g/mol. The Morgan fingerprint density at radius 2 is 2.13 bits per heavy atom. The first-order chi connectivity index (χ1) is 7.27. The van der Waals surface area contributed by atoms with Crippen molar-refractivity contribution < 1.29 is 4.74 Å². The van der Waals surface area contributed by atoms with E-state index in [0.717, 1.165) is 13.2 Å². The minimum Gasteiger partial charge on any atom is -0.380 e. The second-order valence-electron chi connectivity index (χ2n) is 3.41. The van der Waals surface area contributed by atoms with Crippen molar-refractivity contribution in [1.82, 2.24) is 0 Å². The molecule has 0 amide bonds. The largest absolute Gasteiger partial charge is 0.380 e. The van der Waals surface area contributed by atoms with Gasteiger partial charge in [0.2, 0.25) is 0 Å². The summed E-state index contributed by atoms with van der Waals surface area (Å²) in [6.45, 7) is 5.67. The van der Waals surface area contributed by atoms with E-state index >= 15 is 0 Å². The second-order valence-corrected chi connectivity index (χ2v) is 4.25. The summed E-state index contributed by atoms with van der Waals surface area (Å²) in [4.78, 5) is 1.28. The maximum absolute atomic E-state index is 5.37. The van der Waals surface area contributed by atoms with Gasteiger partial charge in [-0.2, -0.15) is 0 Å². The molecule has 0 saturated heterocycles. The minimum absolute atomic E-state index is 0.346. The second kappa shape index (κ2) is 6.75. The standard InChI is InChI=1S/C12H19NOS/c1-4-14-9-10(2)13-11-7-5-6-8-12(11)15-3/h5-8,10,13H,4,9H2,1-3H3.